The maximum absolute atomic E-state index is 12.8. The van der Waals surface area contributed by atoms with Gasteiger partial charge in [-0.1, -0.05) is 19.1 Å². The van der Waals surface area contributed by atoms with Crippen LogP contribution in [0.15, 0.2) is 67.0 Å². The zero-order valence-electron chi connectivity index (χ0n) is 17.8. The van der Waals surface area contributed by atoms with E-state index in [1.54, 1.807) is 74.6 Å². The third kappa shape index (κ3) is 5.92. The highest BCUT2D eigenvalue weighted by Gasteiger charge is 2.15. The average molecular weight is 453 g/mol. The van der Waals surface area contributed by atoms with Gasteiger partial charge in [0.1, 0.15) is 0 Å². The lowest BCUT2D eigenvalue weighted by Gasteiger charge is -2.14. The number of benzene rings is 2. The summed E-state index contributed by atoms with van der Waals surface area (Å²) in [6, 6.07) is 14.8. The Morgan fingerprint density at radius 3 is 2.31 bits per heavy atom. The molecule has 1 heterocycles. The van der Waals surface area contributed by atoms with Crippen molar-refractivity contribution >= 4 is 38.9 Å². The Bertz CT molecular complexity index is 1230. The summed E-state index contributed by atoms with van der Waals surface area (Å²) in [6.07, 6.45) is 3.53. The van der Waals surface area contributed by atoms with Crippen molar-refractivity contribution in [2.24, 2.45) is 0 Å². The largest absolute Gasteiger partial charge is 0.322 e. The number of nitrogens with zero attached hydrogens (tertiary/aromatic N) is 1. The number of anilines is 3. The SMILES string of the molecule is CCCS(=O)(=O)Nc1cccc(NC(=O)c2cccc(NC(=O)c3cccnc3)c2)c1C. The number of hydrogen-bond acceptors (Lipinski definition) is 5. The van der Waals surface area contributed by atoms with Crippen LogP contribution in [0.3, 0.4) is 0 Å². The van der Waals surface area contributed by atoms with Gasteiger partial charge in [-0.25, -0.2) is 8.42 Å². The van der Waals surface area contributed by atoms with Gasteiger partial charge in [0, 0.05) is 29.3 Å². The van der Waals surface area contributed by atoms with Crippen molar-refractivity contribution in [2.45, 2.75) is 20.3 Å². The van der Waals surface area contributed by atoms with E-state index in [1.165, 1.54) is 6.20 Å². The number of sulfonamides is 1. The molecule has 1 aromatic heterocycles. The van der Waals surface area contributed by atoms with Gasteiger partial charge in [0.25, 0.3) is 11.8 Å². The Morgan fingerprint density at radius 1 is 0.906 bits per heavy atom. The molecule has 2 amide bonds. The number of nitrogens with one attached hydrogen (secondary N) is 3. The molecule has 0 atom stereocenters. The van der Waals surface area contributed by atoms with E-state index in [-0.39, 0.29) is 17.6 Å². The maximum Gasteiger partial charge on any atom is 0.257 e. The Hall–Kier alpha value is -3.72. The van der Waals surface area contributed by atoms with Crippen LogP contribution in [0.1, 0.15) is 39.6 Å². The molecule has 3 N–H and O–H groups in total. The highest BCUT2D eigenvalue weighted by Crippen LogP contribution is 2.25. The molecule has 0 aliphatic carbocycles. The minimum atomic E-state index is -3.45. The van der Waals surface area contributed by atoms with Crippen molar-refractivity contribution in [3.8, 4) is 0 Å². The fourth-order valence-electron chi connectivity index (χ4n) is 3.00. The van der Waals surface area contributed by atoms with Crippen LogP contribution in [-0.2, 0) is 10.0 Å². The average Bonchev–Trinajstić information content (AvgIpc) is 2.77. The Balaban J connectivity index is 1.74. The topological polar surface area (TPSA) is 117 Å². The third-order valence-corrected chi connectivity index (χ3v) is 6.10. The number of carbonyl (C=O) groups is 2. The molecule has 0 aliphatic heterocycles. The first kappa shape index (κ1) is 23.0. The van der Waals surface area contributed by atoms with Gasteiger partial charge in [0.2, 0.25) is 10.0 Å². The van der Waals surface area contributed by atoms with Crippen LogP contribution in [0.4, 0.5) is 17.1 Å². The summed E-state index contributed by atoms with van der Waals surface area (Å²) >= 11 is 0. The number of hydrogen-bond donors (Lipinski definition) is 3. The Kier molecular flexibility index (Phi) is 7.21. The lowest BCUT2D eigenvalue weighted by molar-refractivity contribution is 0.101. The smallest absolute Gasteiger partial charge is 0.257 e. The molecule has 3 aromatic rings. The van der Waals surface area contributed by atoms with Crippen LogP contribution < -0.4 is 15.4 Å². The van der Waals surface area contributed by atoms with Gasteiger partial charge in [-0.05, 0) is 61.4 Å². The second-order valence-electron chi connectivity index (χ2n) is 7.13. The molecule has 0 radical (unpaired) electrons. The summed E-state index contributed by atoms with van der Waals surface area (Å²) < 4.78 is 26.8. The van der Waals surface area contributed by atoms with E-state index in [4.69, 9.17) is 0 Å². The van der Waals surface area contributed by atoms with Gasteiger partial charge in [-0.3, -0.25) is 19.3 Å². The zero-order chi connectivity index (χ0) is 23.1. The quantitative estimate of drug-likeness (QED) is 0.477. The van der Waals surface area contributed by atoms with Crippen LogP contribution in [0.5, 0.6) is 0 Å². The summed E-state index contributed by atoms with van der Waals surface area (Å²) in [5.41, 5.74) is 2.70. The predicted octanol–water partition coefficient (Wildman–Crippen LogP) is 4.05. The molecule has 9 heteroatoms. The number of aromatic nitrogens is 1. The summed E-state index contributed by atoms with van der Waals surface area (Å²) in [7, 11) is -3.45. The van der Waals surface area contributed by atoms with Gasteiger partial charge in [-0.15, -0.1) is 0 Å². The second-order valence-corrected chi connectivity index (χ2v) is 8.97. The number of rotatable bonds is 8. The number of pyridine rings is 1. The normalized spacial score (nSPS) is 10.9. The minimum Gasteiger partial charge on any atom is -0.322 e. The molecular weight excluding hydrogens is 428 g/mol. The first-order valence-corrected chi connectivity index (χ1v) is 11.7. The lowest BCUT2D eigenvalue weighted by Crippen LogP contribution is -2.18. The molecule has 166 valence electrons. The molecule has 0 unspecified atom stereocenters. The monoisotopic (exact) mass is 452 g/mol. The van der Waals surface area contributed by atoms with Gasteiger partial charge in [-0.2, -0.15) is 0 Å². The minimum absolute atomic E-state index is 0.0145. The molecule has 8 nitrogen and oxygen atoms in total. The Labute approximate surface area is 187 Å². The van der Waals surface area contributed by atoms with Crippen molar-refractivity contribution in [1.82, 2.24) is 4.98 Å². The summed E-state index contributed by atoms with van der Waals surface area (Å²) in [4.78, 5) is 29.0. The molecule has 0 spiro atoms. The number of amides is 2. The van der Waals surface area contributed by atoms with Crippen LogP contribution in [0.2, 0.25) is 0 Å². The van der Waals surface area contributed by atoms with E-state index in [9.17, 15) is 18.0 Å². The van der Waals surface area contributed by atoms with Crippen LogP contribution in [0.25, 0.3) is 0 Å². The van der Waals surface area contributed by atoms with E-state index in [1.807, 2.05) is 0 Å². The summed E-state index contributed by atoms with van der Waals surface area (Å²) in [5.74, 6) is -0.710. The van der Waals surface area contributed by atoms with E-state index in [0.717, 1.165) is 0 Å². The Morgan fingerprint density at radius 2 is 1.59 bits per heavy atom. The molecule has 0 fully saturated rings. The fraction of sp³-hybridized carbons (Fsp3) is 0.174. The lowest BCUT2D eigenvalue weighted by atomic mass is 10.1. The first-order chi connectivity index (χ1) is 15.3. The molecule has 0 saturated heterocycles. The predicted molar refractivity (Wildman–Crippen MR) is 125 cm³/mol. The molecule has 0 bridgehead atoms. The third-order valence-electron chi connectivity index (χ3n) is 4.63. The van der Waals surface area contributed by atoms with Crippen molar-refractivity contribution in [3.05, 3.63) is 83.7 Å². The van der Waals surface area contributed by atoms with Crippen molar-refractivity contribution in [1.29, 1.82) is 0 Å². The maximum atomic E-state index is 12.8. The van der Waals surface area contributed by atoms with Gasteiger partial charge in [0.05, 0.1) is 17.0 Å². The summed E-state index contributed by atoms with van der Waals surface area (Å²) in [5, 5.41) is 5.54. The van der Waals surface area contributed by atoms with E-state index < -0.39 is 10.0 Å². The first-order valence-electron chi connectivity index (χ1n) is 10.0. The number of carbonyl (C=O) groups excluding carboxylic acids is 2. The van der Waals surface area contributed by atoms with Gasteiger partial charge < -0.3 is 10.6 Å². The van der Waals surface area contributed by atoms with Crippen LogP contribution >= 0.6 is 0 Å². The van der Waals surface area contributed by atoms with Crippen molar-refractivity contribution in [3.63, 3.8) is 0 Å². The molecule has 0 aliphatic rings. The molecule has 2 aromatic carbocycles. The van der Waals surface area contributed by atoms with E-state index in [0.29, 0.717) is 40.2 Å². The van der Waals surface area contributed by atoms with E-state index in [2.05, 4.69) is 20.3 Å². The molecular formula is C23H24N4O4S. The van der Waals surface area contributed by atoms with Gasteiger partial charge >= 0.3 is 0 Å². The second kappa shape index (κ2) is 10.1. The highest BCUT2D eigenvalue weighted by atomic mass is 32.2. The van der Waals surface area contributed by atoms with Crippen molar-refractivity contribution in [2.75, 3.05) is 21.1 Å². The molecule has 32 heavy (non-hydrogen) atoms. The highest BCUT2D eigenvalue weighted by molar-refractivity contribution is 7.92. The fourth-order valence-corrected chi connectivity index (χ4v) is 4.20. The summed E-state index contributed by atoms with van der Waals surface area (Å²) in [6.45, 7) is 3.51. The standard InChI is InChI=1S/C23H24N4O4S/c1-3-13-32(30,31)27-21-11-5-10-20(16(21)2)26-22(28)17-7-4-9-19(14-17)25-23(29)18-8-6-12-24-15-18/h4-12,14-15,27H,3,13H2,1-2H3,(H,25,29)(H,26,28). The molecule has 0 saturated carbocycles. The van der Waals surface area contributed by atoms with Gasteiger partial charge in [0.15, 0.2) is 0 Å². The van der Waals surface area contributed by atoms with Crippen LogP contribution in [0, 0.1) is 6.92 Å². The van der Waals surface area contributed by atoms with E-state index >= 15 is 0 Å². The van der Waals surface area contributed by atoms with Crippen LogP contribution in [-0.4, -0.2) is 31.0 Å². The van der Waals surface area contributed by atoms with Crippen molar-refractivity contribution < 1.29 is 18.0 Å². The molecule has 3 rings (SSSR count). The zero-order valence-corrected chi connectivity index (χ0v) is 18.6.